The van der Waals surface area contributed by atoms with Gasteiger partial charge >= 0.3 is 0 Å². The first-order chi connectivity index (χ1) is 14.2. The summed E-state index contributed by atoms with van der Waals surface area (Å²) in [5.41, 5.74) is 5.17. The molecule has 0 amide bonds. The predicted molar refractivity (Wildman–Crippen MR) is 118 cm³/mol. The van der Waals surface area contributed by atoms with Crippen LogP contribution in [-0.4, -0.2) is 19.6 Å². The van der Waals surface area contributed by atoms with Gasteiger partial charge in [0.05, 0.1) is 12.8 Å². The van der Waals surface area contributed by atoms with Crippen molar-refractivity contribution in [3.05, 3.63) is 102 Å². The molecular formula is C25H24N2O2. The van der Waals surface area contributed by atoms with Crippen LogP contribution in [0.3, 0.4) is 0 Å². The number of aliphatic imine (C=N–C) groups is 1. The van der Waals surface area contributed by atoms with Crippen molar-refractivity contribution in [1.29, 1.82) is 0 Å². The van der Waals surface area contributed by atoms with Crippen LogP contribution in [0, 0.1) is 0 Å². The summed E-state index contributed by atoms with van der Waals surface area (Å²) < 4.78 is 11.3. The first-order valence-electron chi connectivity index (χ1n) is 9.68. The molecule has 1 N–H and O–H groups in total. The number of hydrogen-bond acceptors (Lipinski definition) is 4. The Labute approximate surface area is 171 Å². The molecule has 0 aliphatic carbocycles. The molecule has 4 heteroatoms. The fourth-order valence-corrected chi connectivity index (χ4v) is 3.34. The second-order valence-corrected chi connectivity index (χ2v) is 6.89. The summed E-state index contributed by atoms with van der Waals surface area (Å²) in [6.07, 6.45) is 0. The quantitative estimate of drug-likeness (QED) is 0.592. The molecule has 0 radical (unpaired) electrons. The van der Waals surface area contributed by atoms with E-state index in [-0.39, 0.29) is 6.04 Å². The maximum absolute atomic E-state index is 5.99. The number of nitrogens with one attached hydrogen (secondary N) is 1. The molecule has 0 spiro atoms. The molecule has 3 aromatic rings. The van der Waals surface area contributed by atoms with E-state index in [1.807, 2.05) is 67.6 Å². The van der Waals surface area contributed by atoms with E-state index in [1.54, 1.807) is 7.11 Å². The van der Waals surface area contributed by atoms with Gasteiger partial charge in [-0.1, -0.05) is 60.7 Å². The van der Waals surface area contributed by atoms with Crippen LogP contribution in [0.1, 0.15) is 24.1 Å². The van der Waals surface area contributed by atoms with E-state index in [1.165, 1.54) is 5.56 Å². The van der Waals surface area contributed by atoms with Crippen LogP contribution < -0.4 is 10.1 Å². The Morgan fingerprint density at radius 1 is 0.931 bits per heavy atom. The van der Waals surface area contributed by atoms with E-state index in [2.05, 4.69) is 29.6 Å². The average molecular weight is 384 g/mol. The van der Waals surface area contributed by atoms with Crippen LogP contribution >= 0.6 is 0 Å². The Hall–Kier alpha value is -3.53. The average Bonchev–Trinajstić information content (AvgIpc) is 3.29. The van der Waals surface area contributed by atoms with Gasteiger partial charge in [-0.15, -0.1) is 0 Å². The molecule has 4 rings (SSSR count). The van der Waals surface area contributed by atoms with Crippen LogP contribution in [0.15, 0.2) is 95.5 Å². The summed E-state index contributed by atoms with van der Waals surface area (Å²) in [6, 6.07) is 28.4. The number of nitrogens with zero attached hydrogens (tertiary/aromatic N) is 1. The standard InChI is InChI=1S/C25H24N2O2/c1-18(25-27-23(17-29-25)19-9-5-3-6-10-19)24(20-11-7-4-8-12-20)26-21-13-15-22(28-2)16-14-21/h3-16,23,26H,17H2,1-2H3. The van der Waals surface area contributed by atoms with Gasteiger partial charge in [-0.2, -0.15) is 0 Å². The minimum atomic E-state index is 0.0270. The fourth-order valence-electron chi connectivity index (χ4n) is 3.34. The molecule has 0 bridgehead atoms. The molecule has 0 fully saturated rings. The first kappa shape index (κ1) is 18.8. The molecule has 29 heavy (non-hydrogen) atoms. The Morgan fingerprint density at radius 3 is 2.24 bits per heavy atom. The van der Waals surface area contributed by atoms with Crippen molar-refractivity contribution >= 4 is 17.3 Å². The van der Waals surface area contributed by atoms with E-state index >= 15 is 0 Å². The SMILES string of the molecule is COc1ccc(NC(=C(C)C2=NC(c3ccccc3)CO2)c2ccccc2)cc1. The lowest BCUT2D eigenvalue weighted by Crippen LogP contribution is -2.09. The number of benzene rings is 3. The highest BCUT2D eigenvalue weighted by Gasteiger charge is 2.23. The van der Waals surface area contributed by atoms with Gasteiger partial charge in [0.15, 0.2) is 0 Å². The zero-order valence-electron chi connectivity index (χ0n) is 16.6. The third kappa shape index (κ3) is 4.32. The first-order valence-corrected chi connectivity index (χ1v) is 9.68. The van der Waals surface area contributed by atoms with Crippen molar-refractivity contribution in [2.75, 3.05) is 19.0 Å². The van der Waals surface area contributed by atoms with Crippen LogP contribution in [0.25, 0.3) is 5.70 Å². The monoisotopic (exact) mass is 384 g/mol. The van der Waals surface area contributed by atoms with E-state index in [9.17, 15) is 0 Å². The maximum Gasteiger partial charge on any atom is 0.214 e. The van der Waals surface area contributed by atoms with Crippen molar-refractivity contribution in [1.82, 2.24) is 0 Å². The van der Waals surface area contributed by atoms with E-state index < -0.39 is 0 Å². The summed E-state index contributed by atoms with van der Waals surface area (Å²) in [5, 5.41) is 3.54. The van der Waals surface area contributed by atoms with Crippen LogP contribution in [0.2, 0.25) is 0 Å². The largest absolute Gasteiger partial charge is 0.497 e. The number of rotatable bonds is 6. The number of methoxy groups -OCH3 is 1. The summed E-state index contributed by atoms with van der Waals surface area (Å²) in [5.74, 6) is 1.51. The van der Waals surface area contributed by atoms with E-state index in [0.717, 1.165) is 28.3 Å². The molecule has 1 unspecified atom stereocenters. The fraction of sp³-hybridized carbons (Fsp3) is 0.160. The Bertz CT molecular complexity index is 1010. The van der Waals surface area contributed by atoms with Crippen molar-refractivity contribution in [2.45, 2.75) is 13.0 Å². The third-order valence-electron chi connectivity index (χ3n) is 4.95. The molecule has 1 heterocycles. The lowest BCUT2D eigenvalue weighted by atomic mass is 10.1. The van der Waals surface area contributed by atoms with Crippen LogP contribution in [0.4, 0.5) is 5.69 Å². The smallest absolute Gasteiger partial charge is 0.214 e. The minimum Gasteiger partial charge on any atom is -0.497 e. The Morgan fingerprint density at radius 2 is 1.59 bits per heavy atom. The number of ether oxygens (including phenoxy) is 2. The second kappa shape index (κ2) is 8.65. The molecule has 146 valence electrons. The van der Waals surface area contributed by atoms with Gasteiger partial charge in [0.25, 0.3) is 0 Å². The molecular weight excluding hydrogens is 360 g/mol. The van der Waals surface area contributed by atoms with Crippen LogP contribution in [0.5, 0.6) is 5.75 Å². The normalized spacial score (nSPS) is 16.5. The second-order valence-electron chi connectivity index (χ2n) is 6.89. The zero-order chi connectivity index (χ0) is 20.1. The van der Waals surface area contributed by atoms with Crippen molar-refractivity contribution < 1.29 is 9.47 Å². The topological polar surface area (TPSA) is 42.8 Å². The van der Waals surface area contributed by atoms with Gasteiger partial charge in [-0.25, -0.2) is 4.99 Å². The van der Waals surface area contributed by atoms with Gasteiger partial charge in [-0.3, -0.25) is 0 Å². The molecule has 0 aromatic heterocycles. The summed E-state index contributed by atoms with van der Waals surface area (Å²) >= 11 is 0. The highest BCUT2D eigenvalue weighted by molar-refractivity contribution is 6.03. The van der Waals surface area contributed by atoms with Crippen molar-refractivity contribution in [3.63, 3.8) is 0 Å². The number of anilines is 1. The predicted octanol–water partition coefficient (Wildman–Crippen LogP) is 5.71. The molecule has 0 saturated heterocycles. The van der Waals surface area contributed by atoms with Gasteiger partial charge < -0.3 is 14.8 Å². The van der Waals surface area contributed by atoms with E-state index in [0.29, 0.717) is 12.5 Å². The minimum absolute atomic E-state index is 0.0270. The van der Waals surface area contributed by atoms with Gasteiger partial charge in [0.2, 0.25) is 5.90 Å². The highest BCUT2D eigenvalue weighted by Crippen LogP contribution is 2.29. The summed E-state index contributed by atoms with van der Waals surface area (Å²) in [7, 11) is 1.67. The van der Waals surface area contributed by atoms with Crippen LogP contribution in [-0.2, 0) is 4.74 Å². The zero-order valence-corrected chi connectivity index (χ0v) is 16.6. The molecule has 1 aliphatic heterocycles. The van der Waals surface area contributed by atoms with E-state index in [4.69, 9.17) is 14.5 Å². The lowest BCUT2D eigenvalue weighted by Gasteiger charge is -2.16. The molecule has 0 saturated carbocycles. The Kier molecular flexibility index (Phi) is 5.61. The molecule has 3 aromatic carbocycles. The highest BCUT2D eigenvalue weighted by atomic mass is 16.5. The molecule has 1 atom stereocenters. The maximum atomic E-state index is 5.99. The molecule has 1 aliphatic rings. The molecule has 4 nitrogen and oxygen atoms in total. The van der Waals surface area contributed by atoms with Gasteiger partial charge in [0.1, 0.15) is 18.4 Å². The number of hydrogen-bond donors (Lipinski definition) is 1. The van der Waals surface area contributed by atoms with Crippen molar-refractivity contribution in [2.24, 2.45) is 4.99 Å². The van der Waals surface area contributed by atoms with Gasteiger partial charge in [-0.05, 0) is 42.3 Å². The lowest BCUT2D eigenvalue weighted by molar-refractivity contribution is 0.319. The summed E-state index contributed by atoms with van der Waals surface area (Å²) in [6.45, 7) is 2.60. The third-order valence-corrected chi connectivity index (χ3v) is 4.95. The van der Waals surface area contributed by atoms with Gasteiger partial charge in [0, 0.05) is 11.3 Å². The van der Waals surface area contributed by atoms with Crippen molar-refractivity contribution in [3.8, 4) is 5.75 Å². The Balaban J connectivity index is 1.68. The summed E-state index contributed by atoms with van der Waals surface area (Å²) in [4.78, 5) is 4.85.